The van der Waals surface area contributed by atoms with Crippen molar-refractivity contribution in [3.05, 3.63) is 35.6 Å². The number of hydrogen-bond acceptors (Lipinski definition) is 2. The Morgan fingerprint density at radius 2 is 1.85 bits per heavy atom. The molecule has 0 bridgehead atoms. The van der Waals surface area contributed by atoms with Gasteiger partial charge in [-0.05, 0) is 30.5 Å². The maximum atomic E-state index is 12.9. The average molecular weight is 277 g/mol. The molecule has 1 saturated heterocycles. The largest absolute Gasteiger partial charge is 0.388 e. The minimum Gasteiger partial charge on any atom is -0.388 e. The van der Waals surface area contributed by atoms with Crippen LogP contribution in [-0.4, -0.2) is 28.5 Å². The van der Waals surface area contributed by atoms with Gasteiger partial charge in [-0.15, -0.1) is 0 Å². The number of benzene rings is 1. The van der Waals surface area contributed by atoms with Gasteiger partial charge < -0.3 is 10.0 Å². The molecule has 1 N–H and O–H groups in total. The first-order valence-corrected chi connectivity index (χ1v) is 7.38. The van der Waals surface area contributed by atoms with Crippen molar-refractivity contribution in [1.29, 1.82) is 0 Å². The number of aliphatic hydroxyl groups excluding tert-OH is 1. The van der Waals surface area contributed by atoms with E-state index in [-0.39, 0.29) is 17.6 Å². The van der Waals surface area contributed by atoms with Crippen molar-refractivity contribution in [3.63, 3.8) is 0 Å². The van der Waals surface area contributed by atoms with E-state index in [4.69, 9.17) is 0 Å². The first-order chi connectivity index (χ1) is 9.65. The number of aliphatic hydroxyl groups is 1. The third-order valence-electron chi connectivity index (χ3n) is 4.61. The molecule has 1 aromatic rings. The summed E-state index contributed by atoms with van der Waals surface area (Å²) in [7, 11) is 0. The molecule has 3 nitrogen and oxygen atoms in total. The Hall–Kier alpha value is -1.42. The van der Waals surface area contributed by atoms with Crippen LogP contribution in [0.25, 0.3) is 0 Å². The lowest BCUT2D eigenvalue weighted by Gasteiger charge is -2.25. The molecule has 20 heavy (non-hydrogen) atoms. The Bertz CT molecular complexity index is 482. The Kier molecular flexibility index (Phi) is 3.74. The number of rotatable bonds is 3. The number of hydrogen-bond donors (Lipinski definition) is 1. The minimum absolute atomic E-state index is 0.0754. The zero-order valence-electron chi connectivity index (χ0n) is 11.5. The number of carbonyl (C=O) groups is 1. The van der Waals surface area contributed by atoms with Crippen molar-refractivity contribution in [2.75, 3.05) is 6.54 Å². The van der Waals surface area contributed by atoms with Crippen LogP contribution in [0.5, 0.6) is 0 Å². The first kappa shape index (κ1) is 13.6. The molecule has 2 unspecified atom stereocenters. The molecule has 2 atom stereocenters. The summed E-state index contributed by atoms with van der Waals surface area (Å²) in [6, 6.07) is 6.27. The number of halogens is 1. The summed E-state index contributed by atoms with van der Waals surface area (Å²) in [5, 5.41) is 10.4. The summed E-state index contributed by atoms with van der Waals surface area (Å²) < 4.78 is 12.9. The van der Waals surface area contributed by atoms with E-state index in [1.807, 2.05) is 4.90 Å². The zero-order chi connectivity index (χ0) is 14.1. The molecule has 1 aliphatic carbocycles. The Morgan fingerprint density at radius 1 is 1.20 bits per heavy atom. The van der Waals surface area contributed by atoms with Gasteiger partial charge in [0.1, 0.15) is 5.82 Å². The highest BCUT2D eigenvalue weighted by molar-refractivity contribution is 5.79. The third kappa shape index (κ3) is 2.57. The molecule has 108 valence electrons. The normalized spacial score (nSPS) is 25.4. The van der Waals surface area contributed by atoms with E-state index >= 15 is 0 Å². The highest BCUT2D eigenvalue weighted by Gasteiger charge is 2.38. The van der Waals surface area contributed by atoms with Gasteiger partial charge >= 0.3 is 0 Å². The van der Waals surface area contributed by atoms with E-state index in [0.717, 1.165) is 12.8 Å². The number of carbonyl (C=O) groups excluding carboxylic acids is 1. The molecule has 1 amide bonds. The maximum Gasteiger partial charge on any atom is 0.223 e. The molecule has 3 rings (SSSR count). The maximum absolute atomic E-state index is 12.9. The second kappa shape index (κ2) is 5.52. The van der Waals surface area contributed by atoms with Gasteiger partial charge in [0.2, 0.25) is 5.91 Å². The molecule has 4 heteroatoms. The summed E-state index contributed by atoms with van der Waals surface area (Å²) in [5.41, 5.74) is 0.692. The Labute approximate surface area is 118 Å². The van der Waals surface area contributed by atoms with E-state index in [1.165, 1.54) is 25.0 Å². The highest BCUT2D eigenvalue weighted by Crippen LogP contribution is 2.35. The number of amides is 1. The molecule has 0 radical (unpaired) electrons. The highest BCUT2D eigenvalue weighted by atomic mass is 19.1. The fourth-order valence-electron chi connectivity index (χ4n) is 3.47. The van der Waals surface area contributed by atoms with Crippen LogP contribution in [0.4, 0.5) is 4.39 Å². The minimum atomic E-state index is -0.689. The lowest BCUT2D eigenvalue weighted by molar-refractivity contribution is -0.129. The fraction of sp³-hybridized carbons (Fsp3) is 0.562. The Morgan fingerprint density at radius 3 is 2.50 bits per heavy atom. The van der Waals surface area contributed by atoms with Crippen LogP contribution in [0.3, 0.4) is 0 Å². The van der Waals surface area contributed by atoms with Gasteiger partial charge in [-0.2, -0.15) is 0 Å². The van der Waals surface area contributed by atoms with Gasteiger partial charge in [0.15, 0.2) is 0 Å². The second-order valence-electron chi connectivity index (χ2n) is 5.94. The van der Waals surface area contributed by atoms with E-state index in [1.54, 1.807) is 12.1 Å². The number of nitrogens with zero attached hydrogens (tertiary/aromatic N) is 1. The summed E-state index contributed by atoms with van der Waals surface area (Å²) in [5.74, 6) is -0.229. The van der Waals surface area contributed by atoms with E-state index in [2.05, 4.69) is 0 Å². The topological polar surface area (TPSA) is 40.5 Å². The van der Waals surface area contributed by atoms with E-state index < -0.39 is 6.10 Å². The molecular weight excluding hydrogens is 257 g/mol. The molecule has 2 aliphatic rings. The lowest BCUT2D eigenvalue weighted by atomic mass is 9.95. The molecule has 1 saturated carbocycles. The van der Waals surface area contributed by atoms with Crippen LogP contribution in [0.2, 0.25) is 0 Å². The van der Waals surface area contributed by atoms with Crippen LogP contribution in [0.1, 0.15) is 43.8 Å². The molecular formula is C16H20FNO2. The van der Waals surface area contributed by atoms with Crippen molar-refractivity contribution < 1.29 is 14.3 Å². The lowest BCUT2D eigenvalue weighted by Crippen LogP contribution is -2.34. The van der Waals surface area contributed by atoms with Gasteiger partial charge in [-0.25, -0.2) is 4.39 Å². The van der Waals surface area contributed by atoms with Crippen LogP contribution >= 0.6 is 0 Å². The second-order valence-corrected chi connectivity index (χ2v) is 5.94. The fourth-order valence-corrected chi connectivity index (χ4v) is 3.47. The van der Waals surface area contributed by atoms with Crippen molar-refractivity contribution in [3.8, 4) is 0 Å². The first-order valence-electron chi connectivity index (χ1n) is 7.38. The SMILES string of the molecule is O=C1CC(C(O)c2ccc(F)cc2)CN1C1CCCC1. The molecule has 0 spiro atoms. The summed E-state index contributed by atoms with van der Waals surface area (Å²) >= 11 is 0. The van der Waals surface area contributed by atoms with Crippen molar-refractivity contribution >= 4 is 5.91 Å². The summed E-state index contributed by atoms with van der Waals surface area (Å²) in [6.45, 7) is 0.627. The van der Waals surface area contributed by atoms with E-state index in [0.29, 0.717) is 24.6 Å². The van der Waals surface area contributed by atoms with Crippen LogP contribution in [0, 0.1) is 11.7 Å². The van der Waals surface area contributed by atoms with Gasteiger partial charge in [0.25, 0.3) is 0 Å². The molecule has 1 aliphatic heterocycles. The molecule has 1 aromatic carbocycles. The molecule has 1 heterocycles. The average Bonchev–Trinajstić information content (AvgIpc) is 3.07. The third-order valence-corrected chi connectivity index (χ3v) is 4.61. The van der Waals surface area contributed by atoms with Crippen LogP contribution in [0.15, 0.2) is 24.3 Å². The van der Waals surface area contributed by atoms with Gasteiger partial charge in [0.05, 0.1) is 6.10 Å². The van der Waals surface area contributed by atoms with Gasteiger partial charge in [0, 0.05) is 24.9 Å². The van der Waals surface area contributed by atoms with Crippen molar-refractivity contribution in [2.45, 2.75) is 44.2 Å². The molecule has 2 fully saturated rings. The quantitative estimate of drug-likeness (QED) is 0.922. The van der Waals surface area contributed by atoms with E-state index in [9.17, 15) is 14.3 Å². The predicted molar refractivity (Wildman–Crippen MR) is 73.4 cm³/mol. The van der Waals surface area contributed by atoms with Crippen molar-refractivity contribution in [2.24, 2.45) is 5.92 Å². The Balaban J connectivity index is 1.69. The number of likely N-dealkylation sites (tertiary alicyclic amines) is 1. The molecule has 0 aromatic heterocycles. The summed E-state index contributed by atoms with van der Waals surface area (Å²) in [6.07, 6.45) is 4.27. The smallest absolute Gasteiger partial charge is 0.223 e. The standard InChI is InChI=1S/C16H20FNO2/c17-13-7-5-11(6-8-13)16(20)12-9-15(19)18(10-12)14-3-1-2-4-14/h5-8,12,14,16,20H,1-4,9-10H2. The van der Waals surface area contributed by atoms with Gasteiger partial charge in [-0.1, -0.05) is 25.0 Å². The monoisotopic (exact) mass is 277 g/mol. The summed E-state index contributed by atoms with van der Waals surface area (Å²) in [4.78, 5) is 14.1. The van der Waals surface area contributed by atoms with Gasteiger partial charge in [-0.3, -0.25) is 4.79 Å². The zero-order valence-corrected chi connectivity index (χ0v) is 11.5. The predicted octanol–water partition coefficient (Wildman–Crippen LogP) is 2.65. The van der Waals surface area contributed by atoms with Crippen LogP contribution < -0.4 is 0 Å². The van der Waals surface area contributed by atoms with Crippen LogP contribution in [-0.2, 0) is 4.79 Å². The van der Waals surface area contributed by atoms with Crippen molar-refractivity contribution in [1.82, 2.24) is 4.90 Å².